The molecular formula is C12H18BrNOS. The number of hydrogen-bond acceptors (Lipinski definition) is 3. The van der Waals surface area contributed by atoms with Crippen LogP contribution in [0.4, 0.5) is 0 Å². The standard InChI is InChI=1S/C12H18BrNOS/c1-12(2)6-5-9(15-12)7-14-8-10-3-4-11(13)16-10/h3-4,9,14H,5-8H2,1-2H3. The highest BCUT2D eigenvalue weighted by molar-refractivity contribution is 9.11. The quantitative estimate of drug-likeness (QED) is 0.918. The Kier molecular flexibility index (Phi) is 4.06. The van der Waals surface area contributed by atoms with Gasteiger partial charge in [0.15, 0.2) is 0 Å². The largest absolute Gasteiger partial charge is 0.371 e. The smallest absolute Gasteiger partial charge is 0.0707 e. The van der Waals surface area contributed by atoms with Crippen LogP contribution in [0.3, 0.4) is 0 Å². The molecule has 0 saturated carbocycles. The lowest BCUT2D eigenvalue weighted by molar-refractivity contribution is -0.0142. The minimum atomic E-state index is 0.0817. The van der Waals surface area contributed by atoms with Gasteiger partial charge < -0.3 is 10.1 Å². The Morgan fingerprint density at radius 3 is 2.94 bits per heavy atom. The molecule has 1 aromatic rings. The molecule has 0 bridgehead atoms. The van der Waals surface area contributed by atoms with Crippen LogP contribution < -0.4 is 5.32 Å². The second kappa shape index (κ2) is 5.17. The molecule has 2 nitrogen and oxygen atoms in total. The van der Waals surface area contributed by atoms with Crippen LogP contribution >= 0.6 is 27.3 Å². The Labute approximate surface area is 110 Å². The third-order valence-corrected chi connectivity index (χ3v) is 4.48. The fourth-order valence-corrected chi connectivity index (χ4v) is 3.48. The first-order chi connectivity index (χ1) is 7.55. The van der Waals surface area contributed by atoms with Gasteiger partial charge in [-0.3, -0.25) is 0 Å². The molecule has 0 spiro atoms. The van der Waals surface area contributed by atoms with Crippen molar-refractivity contribution in [2.24, 2.45) is 0 Å². The van der Waals surface area contributed by atoms with Crippen LogP contribution in [0.1, 0.15) is 31.6 Å². The van der Waals surface area contributed by atoms with Crippen molar-refractivity contribution in [3.8, 4) is 0 Å². The summed E-state index contributed by atoms with van der Waals surface area (Å²) in [6, 6.07) is 4.25. The summed E-state index contributed by atoms with van der Waals surface area (Å²) in [6.07, 6.45) is 2.73. The summed E-state index contributed by atoms with van der Waals surface area (Å²) >= 11 is 5.25. The van der Waals surface area contributed by atoms with Crippen molar-refractivity contribution in [3.05, 3.63) is 20.8 Å². The van der Waals surface area contributed by atoms with Crippen LogP contribution in [-0.2, 0) is 11.3 Å². The monoisotopic (exact) mass is 303 g/mol. The van der Waals surface area contributed by atoms with Crippen LogP contribution in [0, 0.1) is 0 Å². The molecule has 0 aromatic carbocycles. The first-order valence-corrected chi connectivity index (χ1v) is 7.29. The Balaban J connectivity index is 1.69. The van der Waals surface area contributed by atoms with Crippen LogP contribution in [0.2, 0.25) is 0 Å². The minimum Gasteiger partial charge on any atom is -0.371 e. The SMILES string of the molecule is CC1(C)CCC(CNCc2ccc(Br)s2)O1. The maximum Gasteiger partial charge on any atom is 0.0707 e. The first kappa shape index (κ1) is 12.6. The first-order valence-electron chi connectivity index (χ1n) is 5.68. The fourth-order valence-electron chi connectivity index (χ4n) is 2.02. The third kappa shape index (κ3) is 3.55. The van der Waals surface area contributed by atoms with Gasteiger partial charge in [0, 0.05) is 18.0 Å². The molecule has 1 N–H and O–H groups in total. The lowest BCUT2D eigenvalue weighted by Gasteiger charge is -2.19. The lowest BCUT2D eigenvalue weighted by Crippen LogP contribution is -2.28. The Morgan fingerprint density at radius 1 is 1.56 bits per heavy atom. The zero-order chi connectivity index (χ0) is 11.6. The number of hydrogen-bond donors (Lipinski definition) is 1. The zero-order valence-electron chi connectivity index (χ0n) is 9.75. The van der Waals surface area contributed by atoms with Crippen molar-refractivity contribution < 1.29 is 4.74 Å². The highest BCUT2D eigenvalue weighted by Gasteiger charge is 2.30. The van der Waals surface area contributed by atoms with E-state index in [2.05, 4.69) is 47.2 Å². The Morgan fingerprint density at radius 2 is 2.38 bits per heavy atom. The molecular weight excluding hydrogens is 286 g/mol. The van der Waals surface area contributed by atoms with Gasteiger partial charge in [-0.25, -0.2) is 0 Å². The molecule has 0 radical (unpaired) electrons. The Hall–Kier alpha value is 0.1000. The van der Waals surface area contributed by atoms with E-state index in [1.165, 1.54) is 21.5 Å². The normalized spacial score (nSPS) is 23.8. The number of nitrogens with one attached hydrogen (secondary N) is 1. The zero-order valence-corrected chi connectivity index (χ0v) is 12.2. The van der Waals surface area contributed by atoms with E-state index < -0.39 is 0 Å². The van der Waals surface area contributed by atoms with Gasteiger partial charge in [0.2, 0.25) is 0 Å². The molecule has 4 heteroatoms. The van der Waals surface area contributed by atoms with E-state index in [0.717, 1.165) is 13.1 Å². The number of thiophene rings is 1. The van der Waals surface area contributed by atoms with Crippen LogP contribution in [0.15, 0.2) is 15.9 Å². The second-order valence-corrected chi connectivity index (χ2v) is 7.42. The molecule has 90 valence electrons. The second-order valence-electron chi connectivity index (χ2n) is 4.87. The highest BCUT2D eigenvalue weighted by Crippen LogP contribution is 2.29. The van der Waals surface area contributed by atoms with E-state index in [9.17, 15) is 0 Å². The average molecular weight is 304 g/mol. The van der Waals surface area contributed by atoms with Gasteiger partial charge in [-0.05, 0) is 54.8 Å². The van der Waals surface area contributed by atoms with Gasteiger partial charge in [0.1, 0.15) is 0 Å². The predicted molar refractivity (Wildman–Crippen MR) is 71.9 cm³/mol. The molecule has 1 aliphatic rings. The van der Waals surface area contributed by atoms with Gasteiger partial charge in [0.25, 0.3) is 0 Å². The van der Waals surface area contributed by atoms with Crippen LogP contribution in [0.25, 0.3) is 0 Å². The Bertz CT molecular complexity index is 351. The molecule has 0 amide bonds. The van der Waals surface area contributed by atoms with E-state index in [4.69, 9.17) is 4.74 Å². The van der Waals surface area contributed by atoms with E-state index in [1.54, 1.807) is 11.3 Å². The number of ether oxygens (including phenoxy) is 1. The average Bonchev–Trinajstić information content (AvgIpc) is 2.73. The van der Waals surface area contributed by atoms with Gasteiger partial charge in [0.05, 0.1) is 15.5 Å². The van der Waals surface area contributed by atoms with Crippen molar-refractivity contribution in [2.45, 2.75) is 44.9 Å². The third-order valence-electron chi connectivity index (χ3n) is 2.85. The molecule has 1 aliphatic heterocycles. The predicted octanol–water partition coefficient (Wildman–Crippen LogP) is 3.56. The molecule has 16 heavy (non-hydrogen) atoms. The van der Waals surface area contributed by atoms with E-state index in [0.29, 0.717) is 6.10 Å². The maximum atomic E-state index is 5.92. The van der Waals surface area contributed by atoms with Gasteiger partial charge in [-0.2, -0.15) is 0 Å². The van der Waals surface area contributed by atoms with Gasteiger partial charge in [-0.15, -0.1) is 11.3 Å². The van der Waals surface area contributed by atoms with Crippen molar-refractivity contribution in [1.29, 1.82) is 0 Å². The summed E-state index contributed by atoms with van der Waals surface area (Å²) in [5, 5.41) is 3.46. The lowest BCUT2D eigenvalue weighted by atomic mass is 10.1. The summed E-state index contributed by atoms with van der Waals surface area (Å²) in [5.74, 6) is 0. The molecule has 1 aromatic heterocycles. The number of halogens is 1. The van der Waals surface area contributed by atoms with Crippen LogP contribution in [-0.4, -0.2) is 18.2 Å². The van der Waals surface area contributed by atoms with Crippen LogP contribution in [0.5, 0.6) is 0 Å². The molecule has 1 atom stereocenters. The van der Waals surface area contributed by atoms with Crippen molar-refractivity contribution >= 4 is 27.3 Å². The summed E-state index contributed by atoms with van der Waals surface area (Å²) in [5.41, 5.74) is 0.0817. The van der Waals surface area contributed by atoms with E-state index >= 15 is 0 Å². The molecule has 1 saturated heterocycles. The van der Waals surface area contributed by atoms with Gasteiger partial charge >= 0.3 is 0 Å². The van der Waals surface area contributed by atoms with Crippen molar-refractivity contribution in [2.75, 3.05) is 6.54 Å². The summed E-state index contributed by atoms with van der Waals surface area (Å²) in [6.45, 7) is 6.24. The molecule has 1 fully saturated rings. The van der Waals surface area contributed by atoms with Gasteiger partial charge in [-0.1, -0.05) is 0 Å². The van der Waals surface area contributed by atoms with E-state index in [1.807, 2.05) is 0 Å². The van der Waals surface area contributed by atoms with Crippen molar-refractivity contribution in [3.63, 3.8) is 0 Å². The minimum absolute atomic E-state index is 0.0817. The van der Waals surface area contributed by atoms with E-state index in [-0.39, 0.29) is 5.60 Å². The molecule has 2 heterocycles. The summed E-state index contributed by atoms with van der Waals surface area (Å²) in [7, 11) is 0. The molecule has 1 unspecified atom stereocenters. The fraction of sp³-hybridized carbons (Fsp3) is 0.667. The summed E-state index contributed by atoms with van der Waals surface area (Å²) in [4.78, 5) is 1.36. The number of rotatable bonds is 4. The highest BCUT2D eigenvalue weighted by atomic mass is 79.9. The topological polar surface area (TPSA) is 21.3 Å². The van der Waals surface area contributed by atoms with Crippen molar-refractivity contribution in [1.82, 2.24) is 5.32 Å². The maximum absolute atomic E-state index is 5.92. The summed E-state index contributed by atoms with van der Waals surface area (Å²) < 4.78 is 7.12. The molecule has 2 rings (SSSR count). The molecule has 0 aliphatic carbocycles.